The first-order chi connectivity index (χ1) is 14.4. The molecule has 30 heavy (non-hydrogen) atoms. The summed E-state index contributed by atoms with van der Waals surface area (Å²) in [5, 5.41) is 18.2. The molecule has 2 aromatic rings. The van der Waals surface area contributed by atoms with Gasteiger partial charge in [0.2, 0.25) is 5.75 Å². The van der Waals surface area contributed by atoms with Crippen LogP contribution in [0.25, 0.3) is 0 Å². The predicted octanol–water partition coefficient (Wildman–Crippen LogP) is 2.21. The Labute approximate surface area is 175 Å². The molecule has 0 aliphatic rings. The molecule has 0 spiro atoms. The van der Waals surface area contributed by atoms with E-state index in [-0.39, 0.29) is 0 Å². The van der Waals surface area contributed by atoms with E-state index in [2.05, 4.69) is 11.4 Å². The van der Waals surface area contributed by atoms with Gasteiger partial charge < -0.3 is 34.5 Å². The fraction of sp³-hybridized carbons (Fsp3) is 0.333. The van der Waals surface area contributed by atoms with Gasteiger partial charge in [-0.25, -0.2) is 9.59 Å². The average Bonchev–Trinajstić information content (AvgIpc) is 2.76. The molecule has 0 aliphatic carbocycles. The van der Waals surface area contributed by atoms with Crippen LogP contribution in [0.2, 0.25) is 0 Å². The molecule has 0 bridgehead atoms. The Kier molecular flexibility index (Phi) is 10.6. The molecule has 0 aliphatic heterocycles. The highest BCUT2D eigenvalue weighted by Gasteiger charge is 2.15. The Hall–Kier alpha value is -3.46. The number of nitrogens with one attached hydrogen (secondary N) is 1. The van der Waals surface area contributed by atoms with Gasteiger partial charge in [-0.1, -0.05) is 24.3 Å². The molecule has 0 fully saturated rings. The standard InChI is InChI=1S/C19H25NO4.C2H2O4/c1-21-16-8-6-5-7-14(16)11-12-20-13-15-9-10-17(22-2)19(24-4)18(15)23-3;3-1(4)2(5)6/h5-10,20H,11-13H2,1-4H3;(H,3,4)(H,5,6). The summed E-state index contributed by atoms with van der Waals surface area (Å²) in [7, 11) is 6.55. The Morgan fingerprint density at radius 3 is 1.90 bits per heavy atom. The van der Waals surface area contributed by atoms with E-state index in [0.717, 1.165) is 24.3 Å². The van der Waals surface area contributed by atoms with Crippen LogP contribution in [-0.2, 0) is 22.6 Å². The lowest BCUT2D eigenvalue weighted by Gasteiger charge is -2.16. The van der Waals surface area contributed by atoms with E-state index in [9.17, 15) is 0 Å². The molecule has 0 amide bonds. The number of carboxylic acid groups (broad SMARTS) is 2. The molecule has 0 atom stereocenters. The number of rotatable bonds is 9. The van der Waals surface area contributed by atoms with Crippen LogP contribution in [0, 0.1) is 0 Å². The fourth-order valence-corrected chi connectivity index (χ4v) is 2.66. The largest absolute Gasteiger partial charge is 0.496 e. The molecule has 9 nitrogen and oxygen atoms in total. The molecule has 0 radical (unpaired) electrons. The monoisotopic (exact) mass is 421 g/mol. The highest BCUT2D eigenvalue weighted by molar-refractivity contribution is 6.27. The molecule has 3 N–H and O–H groups in total. The molecule has 0 saturated carbocycles. The molecular formula is C21H27NO8. The molecule has 164 valence electrons. The summed E-state index contributed by atoms with van der Waals surface area (Å²) >= 11 is 0. The van der Waals surface area contributed by atoms with Gasteiger partial charge in [0.1, 0.15) is 5.75 Å². The second kappa shape index (κ2) is 12.9. The van der Waals surface area contributed by atoms with Gasteiger partial charge in [-0.3, -0.25) is 0 Å². The summed E-state index contributed by atoms with van der Waals surface area (Å²) in [5.41, 5.74) is 2.21. The van der Waals surface area contributed by atoms with Crippen molar-refractivity contribution in [3.63, 3.8) is 0 Å². The molecule has 0 heterocycles. The van der Waals surface area contributed by atoms with Crippen molar-refractivity contribution in [1.29, 1.82) is 0 Å². The van der Waals surface area contributed by atoms with Crippen LogP contribution in [0.4, 0.5) is 0 Å². The summed E-state index contributed by atoms with van der Waals surface area (Å²) in [4.78, 5) is 18.2. The normalized spacial score (nSPS) is 9.73. The Morgan fingerprint density at radius 2 is 1.37 bits per heavy atom. The SMILES string of the molecule is COc1ccccc1CCNCc1ccc(OC)c(OC)c1OC.O=C(O)C(=O)O. The van der Waals surface area contributed by atoms with Crippen LogP contribution < -0.4 is 24.3 Å². The minimum Gasteiger partial charge on any atom is -0.496 e. The number of hydrogen-bond donors (Lipinski definition) is 3. The number of para-hydroxylation sites is 1. The van der Waals surface area contributed by atoms with Gasteiger partial charge in [0.15, 0.2) is 11.5 Å². The number of methoxy groups -OCH3 is 4. The Bertz CT molecular complexity index is 826. The Balaban J connectivity index is 0.000000656. The van der Waals surface area contributed by atoms with Crippen LogP contribution in [0.15, 0.2) is 36.4 Å². The van der Waals surface area contributed by atoms with E-state index < -0.39 is 11.9 Å². The van der Waals surface area contributed by atoms with Gasteiger partial charge in [0, 0.05) is 12.1 Å². The van der Waals surface area contributed by atoms with E-state index in [4.69, 9.17) is 38.7 Å². The van der Waals surface area contributed by atoms with Crippen LogP contribution in [0.1, 0.15) is 11.1 Å². The second-order valence-corrected chi connectivity index (χ2v) is 5.84. The van der Waals surface area contributed by atoms with E-state index in [1.54, 1.807) is 28.4 Å². The molecule has 0 aromatic heterocycles. The third-order valence-electron chi connectivity index (χ3n) is 4.05. The molecule has 9 heteroatoms. The van der Waals surface area contributed by atoms with Crippen molar-refractivity contribution in [3.8, 4) is 23.0 Å². The molecule has 0 unspecified atom stereocenters. The minimum absolute atomic E-state index is 0.615. The predicted molar refractivity (Wildman–Crippen MR) is 110 cm³/mol. The first-order valence-corrected chi connectivity index (χ1v) is 8.96. The third kappa shape index (κ3) is 7.17. The number of benzene rings is 2. The zero-order valence-corrected chi connectivity index (χ0v) is 17.4. The summed E-state index contributed by atoms with van der Waals surface area (Å²) < 4.78 is 21.6. The highest BCUT2D eigenvalue weighted by Crippen LogP contribution is 2.39. The van der Waals surface area contributed by atoms with Gasteiger partial charge in [0.25, 0.3) is 0 Å². The van der Waals surface area contributed by atoms with Crippen LogP contribution >= 0.6 is 0 Å². The van der Waals surface area contributed by atoms with Crippen molar-refractivity contribution < 1.29 is 38.7 Å². The van der Waals surface area contributed by atoms with Gasteiger partial charge in [0.05, 0.1) is 28.4 Å². The minimum atomic E-state index is -1.82. The number of hydrogen-bond acceptors (Lipinski definition) is 7. The van der Waals surface area contributed by atoms with E-state index in [0.29, 0.717) is 23.8 Å². The number of carboxylic acids is 2. The average molecular weight is 421 g/mol. The molecular weight excluding hydrogens is 394 g/mol. The number of ether oxygens (including phenoxy) is 4. The Morgan fingerprint density at radius 1 is 0.767 bits per heavy atom. The van der Waals surface area contributed by atoms with E-state index in [1.165, 1.54) is 5.56 Å². The van der Waals surface area contributed by atoms with E-state index in [1.807, 2.05) is 30.3 Å². The lowest BCUT2D eigenvalue weighted by Crippen LogP contribution is -2.17. The van der Waals surface area contributed by atoms with Crippen molar-refractivity contribution in [1.82, 2.24) is 5.32 Å². The third-order valence-corrected chi connectivity index (χ3v) is 4.05. The lowest BCUT2D eigenvalue weighted by molar-refractivity contribution is -0.159. The maximum absolute atomic E-state index is 9.10. The van der Waals surface area contributed by atoms with E-state index >= 15 is 0 Å². The van der Waals surface area contributed by atoms with Gasteiger partial charge in [-0.15, -0.1) is 0 Å². The molecule has 2 rings (SSSR count). The van der Waals surface area contributed by atoms with Crippen molar-refractivity contribution in [2.75, 3.05) is 35.0 Å². The van der Waals surface area contributed by atoms with Crippen LogP contribution in [0.3, 0.4) is 0 Å². The van der Waals surface area contributed by atoms with Crippen molar-refractivity contribution in [3.05, 3.63) is 47.5 Å². The zero-order chi connectivity index (χ0) is 22.5. The molecule has 0 saturated heterocycles. The maximum atomic E-state index is 9.10. The topological polar surface area (TPSA) is 124 Å². The van der Waals surface area contributed by atoms with Crippen molar-refractivity contribution in [2.24, 2.45) is 0 Å². The summed E-state index contributed by atoms with van der Waals surface area (Å²) in [5.74, 6) is -0.759. The highest BCUT2D eigenvalue weighted by atomic mass is 16.5. The smallest absolute Gasteiger partial charge is 0.414 e. The molecule has 2 aromatic carbocycles. The zero-order valence-electron chi connectivity index (χ0n) is 17.4. The van der Waals surface area contributed by atoms with Crippen LogP contribution in [-0.4, -0.2) is 57.1 Å². The van der Waals surface area contributed by atoms with Crippen molar-refractivity contribution in [2.45, 2.75) is 13.0 Å². The van der Waals surface area contributed by atoms with Gasteiger partial charge >= 0.3 is 11.9 Å². The first-order valence-electron chi connectivity index (χ1n) is 8.96. The summed E-state index contributed by atoms with van der Waals surface area (Å²) in [6, 6.07) is 11.9. The summed E-state index contributed by atoms with van der Waals surface area (Å²) in [6.07, 6.45) is 0.889. The number of aliphatic carboxylic acids is 2. The summed E-state index contributed by atoms with van der Waals surface area (Å²) in [6.45, 7) is 1.51. The van der Waals surface area contributed by atoms with Gasteiger partial charge in [-0.05, 0) is 30.7 Å². The fourth-order valence-electron chi connectivity index (χ4n) is 2.66. The quantitative estimate of drug-likeness (QED) is 0.413. The van der Waals surface area contributed by atoms with Gasteiger partial charge in [-0.2, -0.15) is 0 Å². The second-order valence-electron chi connectivity index (χ2n) is 5.84. The first kappa shape index (κ1) is 24.6. The van der Waals surface area contributed by atoms with Crippen molar-refractivity contribution >= 4 is 11.9 Å². The number of carbonyl (C=O) groups is 2. The lowest BCUT2D eigenvalue weighted by atomic mass is 10.1. The maximum Gasteiger partial charge on any atom is 0.414 e. The van der Waals surface area contributed by atoms with Crippen LogP contribution in [0.5, 0.6) is 23.0 Å².